The maximum absolute atomic E-state index is 13.0. The van der Waals surface area contributed by atoms with Crippen molar-refractivity contribution in [3.05, 3.63) is 103 Å². The maximum Gasteiger partial charge on any atom is 0.324 e. The molecule has 5 rings (SSSR count). The average Bonchev–Trinajstić information content (AvgIpc) is 3.28. The van der Waals surface area contributed by atoms with Crippen LogP contribution in [0.25, 0.3) is 21.9 Å². The van der Waals surface area contributed by atoms with Gasteiger partial charge in [-0.05, 0) is 29.8 Å². The lowest BCUT2D eigenvalue weighted by Gasteiger charge is -2.16. The Morgan fingerprint density at radius 1 is 0.861 bits per heavy atom. The minimum Gasteiger partial charge on any atom is -0.495 e. The van der Waals surface area contributed by atoms with Crippen molar-refractivity contribution in [1.82, 2.24) is 0 Å². The van der Waals surface area contributed by atoms with Gasteiger partial charge in [-0.25, -0.2) is 0 Å². The third-order valence-corrected chi connectivity index (χ3v) is 6.88. The Morgan fingerprint density at radius 2 is 1.56 bits per heavy atom. The van der Waals surface area contributed by atoms with Gasteiger partial charge in [-0.15, -0.1) is 11.8 Å². The fraction of sp³-hybridized carbons (Fsp3) is 0.103. The smallest absolute Gasteiger partial charge is 0.324 e. The number of carbonyl (C=O) groups is 2. The van der Waals surface area contributed by atoms with Crippen LogP contribution < -0.4 is 10.1 Å². The van der Waals surface area contributed by atoms with Gasteiger partial charge in [0.1, 0.15) is 22.2 Å². The van der Waals surface area contributed by atoms with Gasteiger partial charge in [0.05, 0.1) is 12.8 Å². The lowest BCUT2D eigenvalue weighted by atomic mass is 10.1. The van der Waals surface area contributed by atoms with E-state index < -0.39 is 23.7 Å². The molecular weight excluding hydrogens is 474 g/mol. The molecule has 0 radical (unpaired) electrons. The van der Waals surface area contributed by atoms with Crippen LogP contribution in [0.2, 0.25) is 0 Å². The van der Waals surface area contributed by atoms with E-state index in [9.17, 15) is 9.59 Å². The Bertz CT molecular complexity index is 1510. The molecule has 0 aliphatic rings. The van der Waals surface area contributed by atoms with Gasteiger partial charge in [0.15, 0.2) is 6.61 Å². The van der Waals surface area contributed by atoms with Crippen LogP contribution in [0.1, 0.15) is 10.8 Å². The van der Waals surface area contributed by atoms with E-state index in [-0.39, 0.29) is 0 Å². The second-order valence-electron chi connectivity index (χ2n) is 8.02. The molecule has 5 aromatic rings. The Balaban J connectivity index is 1.30. The molecule has 6 nitrogen and oxygen atoms in total. The maximum atomic E-state index is 13.0. The second kappa shape index (κ2) is 10.6. The fourth-order valence-electron chi connectivity index (χ4n) is 3.93. The molecular formula is C29H23NO5S. The minimum absolute atomic E-state index is 0.432. The number of fused-ring (bicyclic) bond motifs is 3. The predicted molar refractivity (Wildman–Crippen MR) is 141 cm³/mol. The summed E-state index contributed by atoms with van der Waals surface area (Å²) in [6.45, 7) is -0.432. The summed E-state index contributed by atoms with van der Waals surface area (Å²) in [5.74, 6) is -0.492. The topological polar surface area (TPSA) is 77.8 Å². The van der Waals surface area contributed by atoms with E-state index in [1.807, 2.05) is 91.0 Å². The Kier molecular flexibility index (Phi) is 6.91. The van der Waals surface area contributed by atoms with E-state index in [0.29, 0.717) is 17.0 Å². The summed E-state index contributed by atoms with van der Waals surface area (Å²) in [6.07, 6.45) is 0. The van der Waals surface area contributed by atoms with Gasteiger partial charge in [-0.3, -0.25) is 9.59 Å². The fourth-order valence-corrected chi connectivity index (χ4v) is 4.98. The lowest BCUT2D eigenvalue weighted by molar-refractivity contribution is -0.146. The number of benzene rings is 4. The van der Waals surface area contributed by atoms with Crippen LogP contribution >= 0.6 is 11.8 Å². The van der Waals surface area contributed by atoms with Crippen LogP contribution in [0.3, 0.4) is 0 Å². The van der Waals surface area contributed by atoms with Crippen LogP contribution in [-0.2, 0) is 14.3 Å². The first kappa shape index (κ1) is 23.5. The highest BCUT2D eigenvalue weighted by molar-refractivity contribution is 8.00. The largest absolute Gasteiger partial charge is 0.495 e. The molecule has 4 aromatic carbocycles. The molecule has 0 spiro atoms. The number of hydrogen-bond acceptors (Lipinski definition) is 6. The van der Waals surface area contributed by atoms with E-state index in [4.69, 9.17) is 13.9 Å². The van der Waals surface area contributed by atoms with Crippen LogP contribution in [0.15, 0.2) is 106 Å². The van der Waals surface area contributed by atoms with Crippen molar-refractivity contribution in [3.63, 3.8) is 0 Å². The van der Waals surface area contributed by atoms with Crippen LogP contribution in [0.5, 0.6) is 5.75 Å². The number of methoxy groups -OCH3 is 1. The highest BCUT2D eigenvalue weighted by Gasteiger charge is 2.24. The molecule has 7 heteroatoms. The van der Waals surface area contributed by atoms with E-state index in [1.165, 1.54) is 18.9 Å². The summed E-state index contributed by atoms with van der Waals surface area (Å²) >= 11 is 1.38. The molecule has 0 aliphatic heterocycles. The Labute approximate surface area is 212 Å². The SMILES string of the molecule is COc1cc2c(cc1NC(=O)COC(=O)C(Sc1ccccc1)c1ccccc1)oc1ccccc12. The molecule has 1 unspecified atom stereocenters. The van der Waals surface area contributed by atoms with Crippen LogP contribution in [-0.4, -0.2) is 25.6 Å². The van der Waals surface area contributed by atoms with Gasteiger partial charge in [0.25, 0.3) is 5.91 Å². The summed E-state index contributed by atoms with van der Waals surface area (Å²) < 4.78 is 16.8. The van der Waals surface area contributed by atoms with Gasteiger partial charge in [-0.1, -0.05) is 66.7 Å². The summed E-state index contributed by atoms with van der Waals surface area (Å²) in [6, 6.07) is 30.2. The third kappa shape index (κ3) is 5.06. The van der Waals surface area contributed by atoms with Crippen LogP contribution in [0.4, 0.5) is 5.69 Å². The Hall–Kier alpha value is -4.23. The zero-order valence-electron chi connectivity index (χ0n) is 19.5. The van der Waals surface area contributed by atoms with Gasteiger partial charge < -0.3 is 19.2 Å². The monoisotopic (exact) mass is 497 g/mol. The van der Waals surface area contributed by atoms with Crippen molar-refractivity contribution in [2.45, 2.75) is 10.1 Å². The standard InChI is InChI=1S/C29H23NO5S/c1-33-26-16-22-21-14-8-9-15-24(21)35-25(22)17-23(26)30-27(31)18-34-29(32)28(19-10-4-2-5-11-19)36-20-12-6-3-7-13-20/h2-17,28H,18H2,1H3,(H,30,31). The molecule has 1 amide bonds. The quantitative estimate of drug-likeness (QED) is 0.192. The molecule has 1 aromatic heterocycles. The summed E-state index contributed by atoms with van der Waals surface area (Å²) in [5, 5.41) is 4.01. The lowest BCUT2D eigenvalue weighted by Crippen LogP contribution is -2.23. The number of ether oxygens (including phenoxy) is 2. The number of rotatable bonds is 8. The molecule has 1 heterocycles. The molecule has 1 atom stereocenters. The van der Waals surface area contributed by atoms with Crippen molar-refractivity contribution < 1.29 is 23.5 Å². The summed E-state index contributed by atoms with van der Waals surface area (Å²) in [5.41, 5.74) is 2.60. The first-order valence-corrected chi connectivity index (χ1v) is 12.2. The van der Waals surface area contributed by atoms with Crippen molar-refractivity contribution in [3.8, 4) is 5.75 Å². The molecule has 0 bridgehead atoms. The zero-order valence-corrected chi connectivity index (χ0v) is 20.3. The number of esters is 1. The highest BCUT2D eigenvalue weighted by atomic mass is 32.2. The number of hydrogen-bond donors (Lipinski definition) is 1. The first-order valence-electron chi connectivity index (χ1n) is 11.3. The third-order valence-electron chi connectivity index (χ3n) is 5.63. The molecule has 0 aliphatic carbocycles. The van der Waals surface area contributed by atoms with E-state index in [0.717, 1.165) is 26.8 Å². The Morgan fingerprint density at radius 3 is 2.31 bits per heavy atom. The summed E-state index contributed by atoms with van der Waals surface area (Å²) in [4.78, 5) is 26.7. The second-order valence-corrected chi connectivity index (χ2v) is 9.20. The number of furan rings is 1. The molecule has 1 N–H and O–H groups in total. The normalized spacial score (nSPS) is 11.8. The number of thioether (sulfide) groups is 1. The number of para-hydroxylation sites is 1. The highest BCUT2D eigenvalue weighted by Crippen LogP contribution is 2.37. The molecule has 0 fully saturated rings. The average molecular weight is 498 g/mol. The van der Waals surface area contributed by atoms with E-state index in [2.05, 4.69) is 5.32 Å². The molecule has 36 heavy (non-hydrogen) atoms. The number of anilines is 1. The van der Waals surface area contributed by atoms with Crippen molar-refractivity contribution in [2.75, 3.05) is 19.0 Å². The predicted octanol–water partition coefficient (Wildman–Crippen LogP) is 6.61. The van der Waals surface area contributed by atoms with Crippen molar-refractivity contribution in [1.29, 1.82) is 0 Å². The van der Waals surface area contributed by atoms with Crippen molar-refractivity contribution >= 4 is 51.3 Å². The number of nitrogens with one attached hydrogen (secondary N) is 1. The van der Waals surface area contributed by atoms with Gasteiger partial charge >= 0.3 is 5.97 Å². The molecule has 0 saturated carbocycles. The number of amides is 1. The zero-order chi connectivity index (χ0) is 24.9. The minimum atomic E-state index is -0.608. The van der Waals surface area contributed by atoms with Gasteiger partial charge in [0.2, 0.25) is 0 Å². The number of carbonyl (C=O) groups excluding carboxylic acids is 2. The molecule has 180 valence electrons. The first-order chi connectivity index (χ1) is 17.6. The van der Waals surface area contributed by atoms with Crippen molar-refractivity contribution in [2.24, 2.45) is 0 Å². The van der Waals surface area contributed by atoms with Gasteiger partial charge in [-0.2, -0.15) is 0 Å². The van der Waals surface area contributed by atoms with E-state index in [1.54, 1.807) is 6.07 Å². The summed E-state index contributed by atoms with van der Waals surface area (Å²) in [7, 11) is 1.53. The molecule has 0 saturated heterocycles. The van der Waals surface area contributed by atoms with Gasteiger partial charge in [0, 0.05) is 21.7 Å². The van der Waals surface area contributed by atoms with E-state index >= 15 is 0 Å². The van der Waals surface area contributed by atoms with Crippen LogP contribution in [0, 0.1) is 0 Å².